The number of nitrogens with one attached hydrogen (secondary N) is 1. The molecule has 1 rings (SSSR count). The van der Waals surface area contributed by atoms with Crippen LogP contribution in [-0.4, -0.2) is 30.8 Å². The summed E-state index contributed by atoms with van der Waals surface area (Å²) in [5.74, 6) is 0. The number of pyridine rings is 1. The number of aromatic nitrogens is 1. The maximum Gasteiger partial charge on any atom is 0.301 e. The summed E-state index contributed by atoms with van der Waals surface area (Å²) in [5, 5.41) is 0. The second-order valence-electron chi connectivity index (χ2n) is 3.85. The molecule has 0 spiro atoms. The molecule has 5 nitrogen and oxygen atoms in total. The topological polar surface area (TPSA) is 62.3 Å². The van der Waals surface area contributed by atoms with Crippen LogP contribution in [0.4, 0.5) is 5.69 Å². The van der Waals surface area contributed by atoms with Crippen molar-refractivity contribution in [2.75, 3.05) is 17.8 Å². The summed E-state index contributed by atoms with van der Waals surface area (Å²) in [7, 11) is -3.51. The molecule has 0 bridgehead atoms. The number of hydrogen-bond donors (Lipinski definition) is 1. The van der Waals surface area contributed by atoms with E-state index in [4.69, 9.17) is 0 Å². The lowest BCUT2D eigenvalue weighted by Gasteiger charge is -2.21. The average Bonchev–Trinajstić information content (AvgIpc) is 2.32. The van der Waals surface area contributed by atoms with Crippen LogP contribution in [0.2, 0.25) is 0 Å². The summed E-state index contributed by atoms with van der Waals surface area (Å²) in [5.41, 5.74) is 0.453. The number of rotatable bonds is 7. The lowest BCUT2D eigenvalue weighted by Crippen LogP contribution is -2.37. The molecule has 0 aromatic carbocycles. The lowest BCUT2D eigenvalue weighted by atomic mass is 10.4. The molecule has 1 aromatic heterocycles. The fourth-order valence-electron chi connectivity index (χ4n) is 1.52. The molecule has 0 radical (unpaired) electrons. The molecule has 102 valence electrons. The van der Waals surface area contributed by atoms with Gasteiger partial charge in [-0.1, -0.05) is 13.8 Å². The van der Waals surface area contributed by atoms with Crippen LogP contribution in [0.3, 0.4) is 0 Å². The minimum atomic E-state index is -3.51. The Morgan fingerprint density at radius 3 is 2.44 bits per heavy atom. The van der Waals surface area contributed by atoms with Crippen LogP contribution in [0.1, 0.15) is 26.7 Å². The van der Waals surface area contributed by atoms with E-state index in [2.05, 4.69) is 25.6 Å². The van der Waals surface area contributed by atoms with E-state index in [1.165, 1.54) is 4.31 Å². The highest BCUT2D eigenvalue weighted by Crippen LogP contribution is 2.20. The number of hydrogen-bond acceptors (Lipinski definition) is 3. The molecular formula is C11H18BrN3O2S. The minimum Gasteiger partial charge on any atom is -0.268 e. The Hall–Kier alpha value is -0.660. The quantitative estimate of drug-likeness (QED) is 0.779. The highest BCUT2D eigenvalue weighted by Gasteiger charge is 2.21. The molecule has 18 heavy (non-hydrogen) atoms. The van der Waals surface area contributed by atoms with E-state index in [0.29, 0.717) is 23.4 Å². The minimum absolute atomic E-state index is 0.453. The van der Waals surface area contributed by atoms with Gasteiger partial charge in [0.1, 0.15) is 4.60 Å². The molecular weight excluding hydrogens is 318 g/mol. The van der Waals surface area contributed by atoms with Crippen molar-refractivity contribution in [1.82, 2.24) is 9.29 Å². The SMILES string of the molecule is CCCN(CCC)S(=O)(=O)Nc1cccnc1Br. The van der Waals surface area contributed by atoms with Crippen molar-refractivity contribution < 1.29 is 8.42 Å². The summed E-state index contributed by atoms with van der Waals surface area (Å²) in [6.07, 6.45) is 3.17. The van der Waals surface area contributed by atoms with Crippen LogP contribution in [-0.2, 0) is 10.2 Å². The molecule has 0 aliphatic heterocycles. The summed E-state index contributed by atoms with van der Waals surface area (Å²) >= 11 is 3.22. The van der Waals surface area contributed by atoms with E-state index >= 15 is 0 Å². The molecule has 1 N–H and O–H groups in total. The molecule has 0 saturated heterocycles. The first-order chi connectivity index (χ1) is 8.51. The molecule has 0 aliphatic rings. The van der Waals surface area contributed by atoms with Crippen LogP contribution in [0.5, 0.6) is 0 Å². The largest absolute Gasteiger partial charge is 0.301 e. The molecule has 0 aliphatic carbocycles. The molecule has 0 saturated carbocycles. The zero-order valence-electron chi connectivity index (χ0n) is 10.6. The van der Waals surface area contributed by atoms with Crippen LogP contribution < -0.4 is 4.72 Å². The van der Waals surface area contributed by atoms with Gasteiger partial charge >= 0.3 is 10.2 Å². The van der Waals surface area contributed by atoms with E-state index < -0.39 is 10.2 Å². The van der Waals surface area contributed by atoms with Crippen molar-refractivity contribution in [2.45, 2.75) is 26.7 Å². The van der Waals surface area contributed by atoms with Crippen LogP contribution >= 0.6 is 15.9 Å². The lowest BCUT2D eigenvalue weighted by molar-refractivity contribution is 0.413. The first-order valence-corrected chi connectivity index (χ1v) is 8.13. The first kappa shape index (κ1) is 15.4. The number of halogens is 1. The van der Waals surface area contributed by atoms with Crippen molar-refractivity contribution >= 4 is 31.8 Å². The third kappa shape index (κ3) is 4.22. The predicted octanol–water partition coefficient (Wildman–Crippen LogP) is 2.62. The monoisotopic (exact) mass is 335 g/mol. The summed E-state index contributed by atoms with van der Waals surface area (Å²) < 4.78 is 28.9. The van der Waals surface area contributed by atoms with Gasteiger partial charge in [0.25, 0.3) is 0 Å². The molecule has 1 heterocycles. The van der Waals surface area contributed by atoms with Crippen LogP contribution in [0.25, 0.3) is 0 Å². The Morgan fingerprint density at radius 2 is 1.94 bits per heavy atom. The zero-order chi connectivity index (χ0) is 13.6. The number of anilines is 1. The molecule has 0 unspecified atom stereocenters. The summed E-state index contributed by atoms with van der Waals surface area (Å²) in [6.45, 7) is 4.94. The van der Waals surface area contributed by atoms with Crippen LogP contribution in [0, 0.1) is 0 Å². The third-order valence-electron chi connectivity index (χ3n) is 2.28. The smallest absolute Gasteiger partial charge is 0.268 e. The zero-order valence-corrected chi connectivity index (χ0v) is 13.0. The maximum atomic E-state index is 12.2. The Bertz CT molecular complexity index is 473. The van der Waals surface area contributed by atoms with Gasteiger partial charge in [0.15, 0.2) is 0 Å². The highest BCUT2D eigenvalue weighted by molar-refractivity contribution is 9.10. The van der Waals surface area contributed by atoms with E-state index in [1.807, 2.05) is 13.8 Å². The van der Waals surface area contributed by atoms with Crippen molar-refractivity contribution in [3.63, 3.8) is 0 Å². The maximum absolute atomic E-state index is 12.2. The Labute approximate surface area is 117 Å². The van der Waals surface area contributed by atoms with Gasteiger partial charge in [0.2, 0.25) is 0 Å². The first-order valence-electron chi connectivity index (χ1n) is 5.89. The van der Waals surface area contributed by atoms with Crippen molar-refractivity contribution in [3.05, 3.63) is 22.9 Å². The Morgan fingerprint density at radius 1 is 1.33 bits per heavy atom. The highest BCUT2D eigenvalue weighted by atomic mass is 79.9. The normalized spacial score (nSPS) is 11.8. The van der Waals surface area contributed by atoms with Gasteiger partial charge in [0, 0.05) is 19.3 Å². The van der Waals surface area contributed by atoms with E-state index in [9.17, 15) is 8.42 Å². The van der Waals surface area contributed by atoms with E-state index in [-0.39, 0.29) is 0 Å². The molecule has 0 atom stereocenters. The third-order valence-corrected chi connectivity index (χ3v) is 4.44. The van der Waals surface area contributed by atoms with Gasteiger partial charge in [-0.15, -0.1) is 0 Å². The second-order valence-corrected chi connectivity index (χ2v) is 6.27. The second kappa shape index (κ2) is 7.06. The van der Waals surface area contributed by atoms with E-state index in [1.54, 1.807) is 18.3 Å². The standard InChI is InChI=1S/C11H18BrN3O2S/c1-3-8-15(9-4-2)18(16,17)14-10-6-5-7-13-11(10)12/h5-7,14H,3-4,8-9H2,1-2H3. The van der Waals surface area contributed by atoms with Crippen molar-refractivity contribution in [2.24, 2.45) is 0 Å². The van der Waals surface area contributed by atoms with Gasteiger partial charge in [-0.3, -0.25) is 4.72 Å². The van der Waals surface area contributed by atoms with Gasteiger partial charge in [0.05, 0.1) is 5.69 Å². The predicted molar refractivity (Wildman–Crippen MR) is 76.6 cm³/mol. The van der Waals surface area contributed by atoms with Crippen molar-refractivity contribution in [3.8, 4) is 0 Å². The molecule has 0 amide bonds. The average molecular weight is 336 g/mol. The fraction of sp³-hybridized carbons (Fsp3) is 0.545. The summed E-state index contributed by atoms with van der Waals surface area (Å²) in [4.78, 5) is 3.99. The Kier molecular flexibility index (Phi) is 6.04. The van der Waals surface area contributed by atoms with Gasteiger partial charge in [-0.2, -0.15) is 12.7 Å². The molecule has 1 aromatic rings. The van der Waals surface area contributed by atoms with Gasteiger partial charge in [-0.05, 0) is 40.9 Å². The van der Waals surface area contributed by atoms with Crippen LogP contribution in [0.15, 0.2) is 22.9 Å². The Balaban J connectivity index is 2.89. The van der Waals surface area contributed by atoms with Crippen molar-refractivity contribution in [1.29, 1.82) is 0 Å². The summed E-state index contributed by atoms with van der Waals surface area (Å²) in [6, 6.07) is 3.36. The molecule has 7 heteroatoms. The fourth-order valence-corrected chi connectivity index (χ4v) is 3.41. The van der Waals surface area contributed by atoms with Gasteiger partial charge < -0.3 is 0 Å². The van der Waals surface area contributed by atoms with Gasteiger partial charge in [-0.25, -0.2) is 4.98 Å². The number of nitrogens with zero attached hydrogens (tertiary/aromatic N) is 2. The van der Waals surface area contributed by atoms with E-state index in [0.717, 1.165) is 12.8 Å². The molecule has 0 fully saturated rings.